The molecule has 3 rings (SSSR count). The van der Waals surface area contributed by atoms with Gasteiger partial charge < -0.3 is 4.90 Å². The van der Waals surface area contributed by atoms with Gasteiger partial charge in [-0.3, -0.25) is 4.79 Å². The number of carbonyl (C=O) groups excluding carboxylic acids is 1. The van der Waals surface area contributed by atoms with Crippen LogP contribution in [-0.2, 0) is 11.2 Å². The molecule has 0 spiro atoms. The summed E-state index contributed by atoms with van der Waals surface area (Å²) in [6, 6.07) is 8.89. The number of rotatable bonds is 4. The van der Waals surface area contributed by atoms with Crippen LogP contribution in [0.1, 0.15) is 62.1 Å². The van der Waals surface area contributed by atoms with E-state index in [1.54, 1.807) is 0 Å². The number of benzene rings is 1. The molecule has 1 aromatic carbocycles. The van der Waals surface area contributed by atoms with Crippen LogP contribution in [-0.4, -0.2) is 17.9 Å². The zero-order valence-electron chi connectivity index (χ0n) is 12.5. The van der Waals surface area contributed by atoms with E-state index >= 15 is 0 Å². The Bertz CT molecular complexity index is 476. The molecule has 0 radical (unpaired) electrons. The lowest BCUT2D eigenvalue weighted by molar-refractivity contribution is -0.132. The first-order valence-electron chi connectivity index (χ1n) is 8.09. The van der Waals surface area contributed by atoms with Gasteiger partial charge >= 0.3 is 0 Å². The number of nitrogens with zero attached hydrogens (tertiary/aromatic N) is 1. The largest absolute Gasteiger partial charge is 0.339 e. The van der Waals surface area contributed by atoms with Crippen LogP contribution >= 0.6 is 0 Å². The molecule has 0 saturated heterocycles. The van der Waals surface area contributed by atoms with E-state index in [0.29, 0.717) is 11.9 Å². The molecule has 0 N–H and O–H groups in total. The Morgan fingerprint density at radius 2 is 1.95 bits per heavy atom. The minimum atomic E-state index is 0.308. The second kappa shape index (κ2) is 5.99. The fourth-order valence-electron chi connectivity index (χ4n) is 3.91. The molecule has 1 aromatic rings. The topological polar surface area (TPSA) is 20.3 Å². The van der Waals surface area contributed by atoms with Crippen LogP contribution in [0.25, 0.3) is 0 Å². The monoisotopic (exact) mass is 271 g/mol. The van der Waals surface area contributed by atoms with Crippen molar-refractivity contribution in [3.8, 4) is 0 Å². The van der Waals surface area contributed by atoms with E-state index in [9.17, 15) is 4.79 Å². The Balaban J connectivity index is 1.58. The maximum absolute atomic E-state index is 12.4. The minimum absolute atomic E-state index is 0.308. The van der Waals surface area contributed by atoms with Gasteiger partial charge in [-0.15, -0.1) is 0 Å². The summed E-state index contributed by atoms with van der Waals surface area (Å²) >= 11 is 0. The first kappa shape index (κ1) is 13.7. The normalized spacial score (nSPS) is 21.9. The lowest BCUT2D eigenvalue weighted by Crippen LogP contribution is -2.30. The fourth-order valence-corrected chi connectivity index (χ4v) is 3.91. The third-order valence-corrected chi connectivity index (χ3v) is 5.20. The molecule has 2 nitrogen and oxygen atoms in total. The van der Waals surface area contributed by atoms with Crippen molar-refractivity contribution in [3.05, 3.63) is 35.4 Å². The first-order valence-corrected chi connectivity index (χ1v) is 8.09. The van der Waals surface area contributed by atoms with Crippen LogP contribution in [0.5, 0.6) is 0 Å². The molecule has 2 aliphatic carbocycles. The lowest BCUT2D eigenvalue weighted by Gasteiger charge is -2.26. The molecular weight excluding hydrogens is 246 g/mol. The Labute approximate surface area is 122 Å². The van der Waals surface area contributed by atoms with E-state index in [4.69, 9.17) is 0 Å². The number of hydrogen-bond donors (Lipinski definition) is 0. The smallest absolute Gasteiger partial charge is 0.222 e. The Kier molecular flexibility index (Phi) is 4.09. The third kappa shape index (κ3) is 2.74. The molecule has 20 heavy (non-hydrogen) atoms. The molecule has 1 amide bonds. The summed E-state index contributed by atoms with van der Waals surface area (Å²) in [4.78, 5) is 14.4. The molecular formula is C18H25NO. The van der Waals surface area contributed by atoms with Gasteiger partial charge in [-0.05, 0) is 36.3 Å². The van der Waals surface area contributed by atoms with Crippen molar-refractivity contribution < 1.29 is 4.79 Å². The predicted molar refractivity (Wildman–Crippen MR) is 81.5 cm³/mol. The van der Waals surface area contributed by atoms with E-state index in [-0.39, 0.29) is 0 Å². The molecule has 1 saturated carbocycles. The molecule has 0 bridgehead atoms. The van der Waals surface area contributed by atoms with E-state index in [1.807, 2.05) is 11.9 Å². The standard InChI is InChI=1S/C18H25NO/c1-19(18(20)13-10-14-6-2-3-7-14)17-12-11-15-8-4-5-9-16(15)17/h4-5,8-9,14,17H,2-3,6-7,10-13H2,1H3. The second-order valence-electron chi connectivity index (χ2n) is 6.45. The van der Waals surface area contributed by atoms with Crippen LogP contribution < -0.4 is 0 Å². The maximum Gasteiger partial charge on any atom is 0.222 e. The number of hydrogen-bond acceptors (Lipinski definition) is 1. The van der Waals surface area contributed by atoms with Crippen molar-refractivity contribution in [2.45, 2.75) is 57.4 Å². The Morgan fingerprint density at radius 3 is 2.75 bits per heavy atom. The van der Waals surface area contributed by atoms with Gasteiger partial charge in [0.05, 0.1) is 6.04 Å². The number of amides is 1. The summed E-state index contributed by atoms with van der Waals surface area (Å²) < 4.78 is 0. The number of fused-ring (bicyclic) bond motifs is 1. The summed E-state index contributed by atoms with van der Waals surface area (Å²) in [6.07, 6.45) is 9.44. The molecule has 1 fully saturated rings. The van der Waals surface area contributed by atoms with E-state index in [1.165, 1.54) is 36.8 Å². The summed E-state index contributed by atoms with van der Waals surface area (Å²) in [5, 5.41) is 0. The van der Waals surface area contributed by atoms with Gasteiger partial charge in [-0.1, -0.05) is 49.9 Å². The van der Waals surface area contributed by atoms with E-state index in [0.717, 1.165) is 31.6 Å². The highest BCUT2D eigenvalue weighted by atomic mass is 16.2. The zero-order chi connectivity index (χ0) is 13.9. The number of aryl methyl sites for hydroxylation is 1. The van der Waals surface area contributed by atoms with Crippen molar-refractivity contribution in [2.75, 3.05) is 7.05 Å². The van der Waals surface area contributed by atoms with Gasteiger partial charge in [0, 0.05) is 13.5 Å². The Morgan fingerprint density at radius 1 is 1.20 bits per heavy atom. The summed E-state index contributed by atoms with van der Waals surface area (Å²) in [7, 11) is 1.99. The van der Waals surface area contributed by atoms with Crippen molar-refractivity contribution in [3.63, 3.8) is 0 Å². The molecule has 1 atom stereocenters. The van der Waals surface area contributed by atoms with Crippen LogP contribution in [0.15, 0.2) is 24.3 Å². The predicted octanol–water partition coefficient (Wildman–Crippen LogP) is 4.10. The average molecular weight is 271 g/mol. The van der Waals surface area contributed by atoms with Crippen molar-refractivity contribution in [1.82, 2.24) is 4.90 Å². The van der Waals surface area contributed by atoms with Crippen molar-refractivity contribution >= 4 is 5.91 Å². The summed E-state index contributed by atoms with van der Waals surface area (Å²) in [5.41, 5.74) is 2.79. The summed E-state index contributed by atoms with van der Waals surface area (Å²) in [5.74, 6) is 1.14. The first-order chi connectivity index (χ1) is 9.75. The molecule has 0 aromatic heterocycles. The van der Waals surface area contributed by atoms with Gasteiger partial charge in [-0.2, -0.15) is 0 Å². The molecule has 0 aliphatic heterocycles. The SMILES string of the molecule is CN(C(=O)CCC1CCCC1)C1CCc2ccccc21. The van der Waals surface area contributed by atoms with Crippen LogP contribution in [0.4, 0.5) is 0 Å². The van der Waals surface area contributed by atoms with Crippen molar-refractivity contribution in [2.24, 2.45) is 5.92 Å². The van der Waals surface area contributed by atoms with Crippen LogP contribution in [0.3, 0.4) is 0 Å². The minimum Gasteiger partial charge on any atom is -0.339 e. The fraction of sp³-hybridized carbons (Fsp3) is 0.611. The maximum atomic E-state index is 12.4. The number of carbonyl (C=O) groups is 1. The van der Waals surface area contributed by atoms with Gasteiger partial charge in [0.1, 0.15) is 0 Å². The van der Waals surface area contributed by atoms with E-state index < -0.39 is 0 Å². The highest BCUT2D eigenvalue weighted by molar-refractivity contribution is 5.76. The third-order valence-electron chi connectivity index (χ3n) is 5.20. The Hall–Kier alpha value is -1.31. The highest BCUT2D eigenvalue weighted by Gasteiger charge is 2.28. The quantitative estimate of drug-likeness (QED) is 0.807. The molecule has 108 valence electrons. The van der Waals surface area contributed by atoms with Gasteiger partial charge in [0.25, 0.3) is 0 Å². The molecule has 2 heteroatoms. The van der Waals surface area contributed by atoms with Gasteiger partial charge in [-0.25, -0.2) is 0 Å². The molecule has 2 aliphatic rings. The lowest BCUT2D eigenvalue weighted by atomic mass is 10.0. The highest BCUT2D eigenvalue weighted by Crippen LogP contribution is 2.35. The second-order valence-corrected chi connectivity index (χ2v) is 6.45. The average Bonchev–Trinajstić information content (AvgIpc) is 3.13. The van der Waals surface area contributed by atoms with Crippen LogP contribution in [0.2, 0.25) is 0 Å². The summed E-state index contributed by atoms with van der Waals surface area (Å²) in [6.45, 7) is 0. The van der Waals surface area contributed by atoms with Gasteiger partial charge in [0.15, 0.2) is 0 Å². The zero-order valence-corrected chi connectivity index (χ0v) is 12.5. The van der Waals surface area contributed by atoms with Crippen LogP contribution in [0, 0.1) is 5.92 Å². The van der Waals surface area contributed by atoms with Crippen molar-refractivity contribution in [1.29, 1.82) is 0 Å². The molecule has 0 heterocycles. The molecule has 1 unspecified atom stereocenters. The van der Waals surface area contributed by atoms with Gasteiger partial charge in [0.2, 0.25) is 5.91 Å². The van der Waals surface area contributed by atoms with E-state index in [2.05, 4.69) is 24.3 Å².